The summed E-state index contributed by atoms with van der Waals surface area (Å²) in [4.78, 5) is 14.7. The molecule has 0 spiro atoms. The zero-order valence-corrected chi connectivity index (χ0v) is 18.8. The highest BCUT2D eigenvalue weighted by atomic mass is 32.1. The first kappa shape index (κ1) is 18.1. The van der Waals surface area contributed by atoms with Gasteiger partial charge in [-0.2, -0.15) is 0 Å². The lowest BCUT2D eigenvalue weighted by Crippen LogP contribution is -2.01. The van der Waals surface area contributed by atoms with E-state index in [4.69, 9.17) is 15.0 Å². The molecule has 158 valence electrons. The molecule has 0 aliphatic rings. The first-order chi connectivity index (χ1) is 16.9. The smallest absolute Gasteiger partial charge is 0.235 e. The van der Waals surface area contributed by atoms with Gasteiger partial charge < -0.3 is 0 Å². The van der Waals surface area contributed by atoms with E-state index < -0.39 is 0 Å². The Bertz CT molecular complexity index is 2080. The third-order valence-electron chi connectivity index (χ3n) is 6.68. The number of benzene rings is 4. The van der Waals surface area contributed by atoms with Gasteiger partial charge in [-0.05, 0) is 18.2 Å². The molecule has 4 aromatic heterocycles. The topological polar surface area (TPSA) is 43.6 Å². The molecule has 8 rings (SSSR count). The van der Waals surface area contributed by atoms with E-state index >= 15 is 0 Å². The van der Waals surface area contributed by atoms with E-state index in [1.54, 1.807) is 0 Å². The van der Waals surface area contributed by atoms with Crippen molar-refractivity contribution in [1.82, 2.24) is 19.5 Å². The Morgan fingerprint density at radius 1 is 0.618 bits per heavy atom. The van der Waals surface area contributed by atoms with Crippen molar-refractivity contribution in [2.24, 2.45) is 0 Å². The van der Waals surface area contributed by atoms with Crippen molar-refractivity contribution >= 4 is 75.1 Å². The molecule has 4 aromatic carbocycles. The molecule has 0 bridgehead atoms. The van der Waals surface area contributed by atoms with Crippen molar-refractivity contribution in [3.63, 3.8) is 0 Å². The van der Waals surface area contributed by atoms with Crippen LogP contribution in [0.25, 0.3) is 69.7 Å². The molecule has 0 atom stereocenters. The number of hydrogen-bond donors (Lipinski definition) is 0. The molecule has 0 amide bonds. The van der Waals surface area contributed by atoms with E-state index in [2.05, 4.69) is 59.2 Å². The van der Waals surface area contributed by atoms with E-state index in [9.17, 15) is 0 Å². The Morgan fingerprint density at radius 2 is 1.41 bits per heavy atom. The van der Waals surface area contributed by atoms with Crippen molar-refractivity contribution in [2.75, 3.05) is 0 Å². The van der Waals surface area contributed by atoms with E-state index in [1.807, 2.05) is 54.1 Å². The molecular formula is C29H16N4S. The van der Waals surface area contributed by atoms with Crippen molar-refractivity contribution in [1.29, 1.82) is 0 Å². The molecule has 0 saturated carbocycles. The SMILES string of the molecule is c1ccc2nc(-n3c4c(ccc5cccnc54)c4ccc5c6ccccc6sc5c43)ncc2c1. The van der Waals surface area contributed by atoms with Gasteiger partial charge in [-0.3, -0.25) is 9.55 Å². The number of thiophene rings is 1. The average Bonchev–Trinajstić information content (AvgIpc) is 3.44. The van der Waals surface area contributed by atoms with Gasteiger partial charge in [0.2, 0.25) is 5.95 Å². The molecule has 0 unspecified atom stereocenters. The van der Waals surface area contributed by atoms with Gasteiger partial charge in [-0.15, -0.1) is 11.3 Å². The zero-order chi connectivity index (χ0) is 22.2. The lowest BCUT2D eigenvalue weighted by molar-refractivity contribution is 1.02. The average molecular weight is 453 g/mol. The van der Waals surface area contributed by atoms with Gasteiger partial charge in [-0.1, -0.05) is 66.7 Å². The summed E-state index contributed by atoms with van der Waals surface area (Å²) in [6.45, 7) is 0. The van der Waals surface area contributed by atoms with Crippen LogP contribution in [0.4, 0.5) is 0 Å². The van der Waals surface area contributed by atoms with Crippen LogP contribution in [0.3, 0.4) is 0 Å². The second kappa shape index (κ2) is 6.59. The van der Waals surface area contributed by atoms with Gasteiger partial charge in [-0.25, -0.2) is 9.97 Å². The number of hydrogen-bond acceptors (Lipinski definition) is 4. The number of para-hydroxylation sites is 1. The van der Waals surface area contributed by atoms with Gasteiger partial charge in [0.1, 0.15) is 0 Å². The largest absolute Gasteiger partial charge is 0.274 e. The molecule has 0 saturated heterocycles. The minimum absolute atomic E-state index is 0.668. The summed E-state index contributed by atoms with van der Waals surface area (Å²) in [7, 11) is 0. The maximum atomic E-state index is 5.01. The van der Waals surface area contributed by atoms with Gasteiger partial charge in [0.15, 0.2) is 0 Å². The summed E-state index contributed by atoms with van der Waals surface area (Å²) in [5.41, 5.74) is 4.08. The summed E-state index contributed by atoms with van der Waals surface area (Å²) in [6, 6.07) is 29.7. The third-order valence-corrected chi connectivity index (χ3v) is 7.88. The Hall–Kier alpha value is -4.35. The molecule has 0 N–H and O–H groups in total. The minimum atomic E-state index is 0.668. The normalized spacial score (nSPS) is 12.1. The standard InChI is InChI=1S/C29H16N4S/c1-3-9-23-18(6-1)16-31-29(32-23)33-26-20(12-11-17-7-5-15-30-25(17)26)21-13-14-22-19-8-2-4-10-24(19)34-28(22)27(21)33/h1-16H. The van der Waals surface area contributed by atoms with Crippen LogP contribution in [-0.2, 0) is 0 Å². The lowest BCUT2D eigenvalue weighted by atomic mass is 10.1. The maximum absolute atomic E-state index is 5.01. The molecule has 5 heteroatoms. The highest BCUT2D eigenvalue weighted by Crippen LogP contribution is 2.43. The second-order valence-corrected chi connectivity index (χ2v) is 9.59. The van der Waals surface area contributed by atoms with Crippen LogP contribution in [0.15, 0.2) is 97.3 Å². The van der Waals surface area contributed by atoms with E-state index in [0.29, 0.717) is 5.95 Å². The Labute approximate surface area is 197 Å². The Morgan fingerprint density at radius 3 is 2.41 bits per heavy atom. The van der Waals surface area contributed by atoms with Crippen molar-refractivity contribution in [3.8, 4) is 5.95 Å². The number of pyridine rings is 1. The molecule has 0 aliphatic carbocycles. The van der Waals surface area contributed by atoms with Gasteiger partial charge in [0.05, 0.1) is 26.8 Å². The maximum Gasteiger partial charge on any atom is 0.235 e. The molecular weight excluding hydrogens is 436 g/mol. The number of nitrogens with zero attached hydrogens (tertiary/aromatic N) is 4. The summed E-state index contributed by atoms with van der Waals surface area (Å²) in [5.74, 6) is 0.668. The summed E-state index contributed by atoms with van der Waals surface area (Å²) in [5, 5.41) is 7.03. The lowest BCUT2D eigenvalue weighted by Gasteiger charge is -2.09. The summed E-state index contributed by atoms with van der Waals surface area (Å²) < 4.78 is 4.75. The van der Waals surface area contributed by atoms with Crippen LogP contribution in [0.5, 0.6) is 0 Å². The number of rotatable bonds is 1. The molecule has 4 heterocycles. The van der Waals surface area contributed by atoms with Crippen molar-refractivity contribution < 1.29 is 0 Å². The number of aromatic nitrogens is 4. The summed E-state index contributed by atoms with van der Waals surface area (Å²) in [6.07, 6.45) is 3.78. The van der Waals surface area contributed by atoms with Crippen LogP contribution in [-0.4, -0.2) is 19.5 Å². The molecule has 8 aromatic rings. The molecule has 34 heavy (non-hydrogen) atoms. The minimum Gasteiger partial charge on any atom is -0.274 e. The van der Waals surface area contributed by atoms with Gasteiger partial charge >= 0.3 is 0 Å². The Kier molecular flexibility index (Phi) is 3.51. The third kappa shape index (κ3) is 2.34. The van der Waals surface area contributed by atoms with Crippen LogP contribution in [0.1, 0.15) is 0 Å². The Balaban J connectivity index is 1.65. The zero-order valence-electron chi connectivity index (χ0n) is 17.9. The van der Waals surface area contributed by atoms with Gasteiger partial charge in [0.25, 0.3) is 0 Å². The monoisotopic (exact) mass is 452 g/mol. The fourth-order valence-electron chi connectivity index (χ4n) is 5.17. The van der Waals surface area contributed by atoms with E-state index in [1.165, 1.54) is 25.6 Å². The van der Waals surface area contributed by atoms with Crippen LogP contribution < -0.4 is 0 Å². The molecule has 0 aliphatic heterocycles. The number of fused-ring (bicyclic) bond motifs is 10. The highest BCUT2D eigenvalue weighted by molar-refractivity contribution is 7.26. The fourth-order valence-corrected chi connectivity index (χ4v) is 6.41. The highest BCUT2D eigenvalue weighted by Gasteiger charge is 2.21. The van der Waals surface area contributed by atoms with Crippen molar-refractivity contribution in [2.45, 2.75) is 0 Å². The van der Waals surface area contributed by atoms with Crippen LogP contribution in [0, 0.1) is 0 Å². The van der Waals surface area contributed by atoms with Crippen LogP contribution in [0.2, 0.25) is 0 Å². The molecule has 0 fully saturated rings. The van der Waals surface area contributed by atoms with Gasteiger partial charge in [0, 0.05) is 49.4 Å². The predicted molar refractivity (Wildman–Crippen MR) is 142 cm³/mol. The van der Waals surface area contributed by atoms with Crippen molar-refractivity contribution in [3.05, 3.63) is 97.3 Å². The quantitative estimate of drug-likeness (QED) is 0.257. The van der Waals surface area contributed by atoms with E-state index in [-0.39, 0.29) is 0 Å². The first-order valence-corrected chi connectivity index (χ1v) is 12.0. The van der Waals surface area contributed by atoms with E-state index in [0.717, 1.165) is 38.2 Å². The first-order valence-electron chi connectivity index (χ1n) is 11.2. The van der Waals surface area contributed by atoms with Crippen LogP contribution >= 0.6 is 11.3 Å². The predicted octanol–water partition coefficient (Wildman–Crippen LogP) is 7.64. The fraction of sp³-hybridized carbons (Fsp3) is 0. The summed E-state index contributed by atoms with van der Waals surface area (Å²) >= 11 is 1.83. The second-order valence-electron chi connectivity index (χ2n) is 8.54. The molecule has 4 nitrogen and oxygen atoms in total. The molecule has 0 radical (unpaired) electrons.